The fraction of sp³-hybridized carbons (Fsp3) is 0.167. The molecule has 0 saturated carbocycles. The van der Waals surface area contributed by atoms with Crippen LogP contribution in [-0.2, 0) is 6.18 Å². The average molecular weight is 253 g/mol. The Labute approximate surface area is 101 Å². The lowest BCUT2D eigenvalue weighted by Crippen LogP contribution is -2.19. The second-order valence-electron chi connectivity index (χ2n) is 3.70. The summed E-state index contributed by atoms with van der Waals surface area (Å²) in [5.41, 5.74) is 5.44. The van der Waals surface area contributed by atoms with Crippen molar-refractivity contribution >= 4 is 0 Å². The topological polar surface area (TPSA) is 51.8 Å². The van der Waals surface area contributed by atoms with Crippen molar-refractivity contribution in [3.63, 3.8) is 0 Å². The van der Waals surface area contributed by atoms with Gasteiger partial charge >= 0.3 is 6.18 Å². The number of nitrogens with two attached hydrogens (primary N) is 1. The van der Waals surface area contributed by atoms with E-state index in [0.717, 1.165) is 6.07 Å². The van der Waals surface area contributed by atoms with Crippen molar-refractivity contribution in [3.8, 4) is 0 Å². The highest BCUT2D eigenvalue weighted by Gasteiger charge is 2.34. The first-order valence-electron chi connectivity index (χ1n) is 5.18. The Morgan fingerprint density at radius 2 is 1.83 bits per heavy atom. The van der Waals surface area contributed by atoms with Crippen LogP contribution in [0.2, 0.25) is 0 Å². The third kappa shape index (κ3) is 2.48. The summed E-state index contributed by atoms with van der Waals surface area (Å²) in [4.78, 5) is 7.58. The van der Waals surface area contributed by atoms with E-state index in [1.807, 2.05) is 0 Å². The standard InChI is InChI=1S/C12H10F3N3/c13-12(14,15)9-4-2-1-3-8(9)11(16)10-5-6-17-7-18-10/h1-7,11H,16H2. The van der Waals surface area contributed by atoms with Crippen molar-refractivity contribution in [2.75, 3.05) is 0 Å². The molecule has 1 aromatic carbocycles. The highest BCUT2D eigenvalue weighted by atomic mass is 19.4. The van der Waals surface area contributed by atoms with Crippen LogP contribution in [-0.4, -0.2) is 9.97 Å². The van der Waals surface area contributed by atoms with Crippen LogP contribution in [0.25, 0.3) is 0 Å². The summed E-state index contributed by atoms with van der Waals surface area (Å²) < 4.78 is 38.5. The molecular weight excluding hydrogens is 243 g/mol. The normalized spacial score (nSPS) is 13.3. The second-order valence-corrected chi connectivity index (χ2v) is 3.70. The number of rotatable bonds is 2. The van der Waals surface area contributed by atoms with Gasteiger partial charge in [0, 0.05) is 6.20 Å². The molecule has 1 unspecified atom stereocenters. The number of hydrogen-bond acceptors (Lipinski definition) is 3. The Kier molecular flexibility index (Phi) is 3.29. The number of alkyl halides is 3. The highest BCUT2D eigenvalue weighted by Crippen LogP contribution is 2.35. The van der Waals surface area contributed by atoms with Gasteiger partial charge in [-0.15, -0.1) is 0 Å². The van der Waals surface area contributed by atoms with Crippen LogP contribution in [0, 0.1) is 0 Å². The first-order valence-corrected chi connectivity index (χ1v) is 5.18. The first kappa shape index (κ1) is 12.5. The molecular formula is C12H10F3N3. The lowest BCUT2D eigenvalue weighted by molar-refractivity contribution is -0.138. The molecule has 3 nitrogen and oxygen atoms in total. The molecule has 2 aromatic rings. The maximum absolute atomic E-state index is 12.8. The van der Waals surface area contributed by atoms with E-state index in [1.165, 1.54) is 36.8 Å². The van der Waals surface area contributed by atoms with Crippen LogP contribution in [0.1, 0.15) is 22.9 Å². The van der Waals surface area contributed by atoms with Crippen molar-refractivity contribution in [2.45, 2.75) is 12.2 Å². The van der Waals surface area contributed by atoms with Gasteiger partial charge in [-0.1, -0.05) is 18.2 Å². The smallest absolute Gasteiger partial charge is 0.319 e. The summed E-state index contributed by atoms with van der Waals surface area (Å²) in [5, 5.41) is 0. The largest absolute Gasteiger partial charge is 0.416 e. The van der Waals surface area contributed by atoms with Gasteiger partial charge in [-0.25, -0.2) is 9.97 Å². The average Bonchev–Trinajstić information content (AvgIpc) is 2.38. The fourth-order valence-corrected chi connectivity index (χ4v) is 1.67. The van der Waals surface area contributed by atoms with Gasteiger partial charge in [0.1, 0.15) is 6.33 Å². The predicted octanol–water partition coefficient (Wildman–Crippen LogP) is 2.54. The molecule has 6 heteroatoms. The Morgan fingerprint density at radius 3 is 2.44 bits per heavy atom. The lowest BCUT2D eigenvalue weighted by Gasteiger charge is -2.17. The van der Waals surface area contributed by atoms with Gasteiger partial charge in [-0.05, 0) is 17.7 Å². The van der Waals surface area contributed by atoms with Crippen molar-refractivity contribution in [3.05, 3.63) is 59.7 Å². The van der Waals surface area contributed by atoms with E-state index in [4.69, 9.17) is 5.73 Å². The van der Waals surface area contributed by atoms with Gasteiger partial charge in [0.05, 0.1) is 17.3 Å². The quantitative estimate of drug-likeness (QED) is 0.894. The second kappa shape index (κ2) is 4.73. The fourth-order valence-electron chi connectivity index (χ4n) is 1.67. The third-order valence-corrected chi connectivity index (χ3v) is 2.52. The van der Waals surface area contributed by atoms with Crippen molar-refractivity contribution in [1.82, 2.24) is 9.97 Å². The van der Waals surface area contributed by atoms with E-state index < -0.39 is 17.8 Å². The predicted molar refractivity (Wildman–Crippen MR) is 59.5 cm³/mol. The molecule has 94 valence electrons. The van der Waals surface area contributed by atoms with Crippen LogP contribution in [0.5, 0.6) is 0 Å². The maximum atomic E-state index is 12.8. The van der Waals surface area contributed by atoms with E-state index in [1.54, 1.807) is 0 Å². The molecule has 1 atom stereocenters. The minimum Gasteiger partial charge on any atom is -0.319 e. The van der Waals surface area contributed by atoms with E-state index in [0.29, 0.717) is 5.69 Å². The molecule has 0 bridgehead atoms. The summed E-state index contributed by atoms with van der Waals surface area (Å²) in [6, 6.07) is 5.79. The molecule has 2 N–H and O–H groups in total. The van der Waals surface area contributed by atoms with Gasteiger partial charge in [-0.2, -0.15) is 13.2 Å². The van der Waals surface area contributed by atoms with Crippen LogP contribution in [0.4, 0.5) is 13.2 Å². The number of halogens is 3. The summed E-state index contributed by atoms with van der Waals surface area (Å²) in [6.45, 7) is 0. The van der Waals surface area contributed by atoms with Crippen molar-refractivity contribution in [2.24, 2.45) is 5.73 Å². The zero-order chi connectivity index (χ0) is 13.2. The van der Waals surface area contributed by atoms with Crippen LogP contribution >= 0.6 is 0 Å². The summed E-state index contributed by atoms with van der Waals surface area (Å²) >= 11 is 0. The Hall–Kier alpha value is -1.95. The van der Waals surface area contributed by atoms with Crippen LogP contribution < -0.4 is 5.73 Å². The molecule has 0 aliphatic rings. The number of hydrogen-bond donors (Lipinski definition) is 1. The summed E-state index contributed by atoms with van der Waals surface area (Å²) in [5.74, 6) is 0. The Bertz CT molecular complexity index is 526. The Balaban J connectivity index is 2.46. The molecule has 0 aliphatic heterocycles. The number of benzene rings is 1. The van der Waals surface area contributed by atoms with E-state index in [2.05, 4.69) is 9.97 Å². The molecule has 0 aliphatic carbocycles. The molecule has 2 rings (SSSR count). The number of nitrogens with zero attached hydrogens (tertiary/aromatic N) is 2. The van der Waals surface area contributed by atoms with Gasteiger partial charge in [0.25, 0.3) is 0 Å². The van der Waals surface area contributed by atoms with E-state index >= 15 is 0 Å². The molecule has 0 spiro atoms. The van der Waals surface area contributed by atoms with E-state index in [9.17, 15) is 13.2 Å². The first-order chi connectivity index (χ1) is 8.50. The molecule has 0 fully saturated rings. The van der Waals surface area contributed by atoms with Crippen LogP contribution in [0.3, 0.4) is 0 Å². The summed E-state index contributed by atoms with van der Waals surface area (Å²) in [6.07, 6.45) is -1.73. The van der Waals surface area contributed by atoms with Gasteiger partial charge in [0.15, 0.2) is 0 Å². The van der Waals surface area contributed by atoms with Gasteiger partial charge < -0.3 is 5.73 Å². The highest BCUT2D eigenvalue weighted by molar-refractivity contribution is 5.36. The van der Waals surface area contributed by atoms with E-state index in [-0.39, 0.29) is 5.56 Å². The molecule has 0 saturated heterocycles. The van der Waals surface area contributed by atoms with Crippen LogP contribution in [0.15, 0.2) is 42.9 Å². The molecule has 1 heterocycles. The summed E-state index contributed by atoms with van der Waals surface area (Å²) in [7, 11) is 0. The van der Waals surface area contributed by atoms with Crippen molar-refractivity contribution in [1.29, 1.82) is 0 Å². The third-order valence-electron chi connectivity index (χ3n) is 2.52. The molecule has 0 amide bonds. The van der Waals surface area contributed by atoms with Gasteiger partial charge in [-0.3, -0.25) is 0 Å². The minimum absolute atomic E-state index is 0.00343. The number of aromatic nitrogens is 2. The monoisotopic (exact) mass is 253 g/mol. The zero-order valence-electron chi connectivity index (χ0n) is 9.22. The SMILES string of the molecule is NC(c1ccncn1)c1ccccc1C(F)(F)F. The minimum atomic E-state index is -4.43. The lowest BCUT2D eigenvalue weighted by atomic mass is 9.98. The maximum Gasteiger partial charge on any atom is 0.416 e. The zero-order valence-corrected chi connectivity index (χ0v) is 9.22. The Morgan fingerprint density at radius 1 is 1.11 bits per heavy atom. The van der Waals surface area contributed by atoms with Gasteiger partial charge in [0.2, 0.25) is 0 Å². The molecule has 0 radical (unpaired) electrons. The molecule has 1 aromatic heterocycles. The molecule has 18 heavy (non-hydrogen) atoms. The van der Waals surface area contributed by atoms with Crippen molar-refractivity contribution < 1.29 is 13.2 Å².